The monoisotopic (exact) mass is 513 g/mol. The van der Waals surface area contributed by atoms with Crippen LogP contribution in [0.4, 0.5) is 0 Å². The second-order valence-corrected chi connectivity index (χ2v) is 9.21. The van der Waals surface area contributed by atoms with E-state index in [0.29, 0.717) is 0 Å². The summed E-state index contributed by atoms with van der Waals surface area (Å²) in [5.74, 6) is 0. The number of hydrogen-bond donors (Lipinski definition) is 1. The summed E-state index contributed by atoms with van der Waals surface area (Å²) in [6.07, 6.45) is 1.13. The zero-order valence-electron chi connectivity index (χ0n) is 10.4. The SMILES string of the molecule is CCCNC(c1ccc(I)cc1)c1cc(Br)sc1Br. The van der Waals surface area contributed by atoms with Gasteiger partial charge in [-0.1, -0.05) is 19.1 Å². The lowest BCUT2D eigenvalue weighted by atomic mass is 10.0. The second kappa shape index (κ2) is 7.54. The van der Waals surface area contributed by atoms with E-state index >= 15 is 0 Å². The van der Waals surface area contributed by atoms with Crippen LogP contribution in [-0.4, -0.2) is 6.54 Å². The molecule has 0 spiro atoms. The maximum absolute atomic E-state index is 3.67. The third-order valence-electron chi connectivity index (χ3n) is 2.80. The van der Waals surface area contributed by atoms with Crippen LogP contribution in [0.2, 0.25) is 0 Å². The molecule has 0 fully saturated rings. The van der Waals surface area contributed by atoms with Gasteiger partial charge in [0.15, 0.2) is 0 Å². The molecule has 0 aliphatic rings. The van der Waals surface area contributed by atoms with Crippen molar-refractivity contribution < 1.29 is 0 Å². The number of benzene rings is 1. The van der Waals surface area contributed by atoms with Crippen LogP contribution in [-0.2, 0) is 0 Å². The van der Waals surface area contributed by atoms with Crippen LogP contribution in [0.5, 0.6) is 0 Å². The van der Waals surface area contributed by atoms with E-state index < -0.39 is 0 Å². The Kier molecular flexibility index (Phi) is 6.33. The predicted molar refractivity (Wildman–Crippen MR) is 99.0 cm³/mol. The summed E-state index contributed by atoms with van der Waals surface area (Å²) in [4.78, 5) is 0. The average Bonchev–Trinajstić information content (AvgIpc) is 2.71. The molecule has 0 bridgehead atoms. The molecule has 1 N–H and O–H groups in total. The fourth-order valence-corrected chi connectivity index (χ4v) is 5.16. The fourth-order valence-electron chi connectivity index (χ4n) is 1.90. The van der Waals surface area contributed by atoms with E-state index in [1.54, 1.807) is 11.3 Å². The van der Waals surface area contributed by atoms with Crippen molar-refractivity contribution in [1.82, 2.24) is 5.32 Å². The predicted octanol–water partition coefficient (Wildman–Crippen LogP) is 5.97. The van der Waals surface area contributed by atoms with E-state index in [2.05, 4.69) is 97.0 Å². The number of rotatable bonds is 5. The third kappa shape index (κ3) is 4.27. The molecule has 19 heavy (non-hydrogen) atoms. The normalized spacial score (nSPS) is 12.6. The third-order valence-corrected chi connectivity index (χ3v) is 5.90. The molecule has 0 amide bonds. The van der Waals surface area contributed by atoms with Crippen LogP contribution in [0.25, 0.3) is 0 Å². The van der Waals surface area contributed by atoms with Gasteiger partial charge in [-0.2, -0.15) is 0 Å². The van der Waals surface area contributed by atoms with Crippen LogP contribution < -0.4 is 5.32 Å². The van der Waals surface area contributed by atoms with Crippen LogP contribution in [0.1, 0.15) is 30.5 Å². The van der Waals surface area contributed by atoms with Gasteiger partial charge >= 0.3 is 0 Å². The Balaban J connectivity index is 2.35. The van der Waals surface area contributed by atoms with Crippen LogP contribution in [0, 0.1) is 3.57 Å². The average molecular weight is 515 g/mol. The molecule has 1 nitrogen and oxygen atoms in total. The van der Waals surface area contributed by atoms with E-state index in [9.17, 15) is 0 Å². The zero-order chi connectivity index (χ0) is 13.8. The van der Waals surface area contributed by atoms with E-state index in [1.165, 1.54) is 18.5 Å². The molecule has 102 valence electrons. The van der Waals surface area contributed by atoms with Crippen LogP contribution >= 0.6 is 65.8 Å². The minimum absolute atomic E-state index is 0.244. The van der Waals surface area contributed by atoms with E-state index in [-0.39, 0.29) is 6.04 Å². The lowest BCUT2D eigenvalue weighted by Gasteiger charge is -2.19. The van der Waals surface area contributed by atoms with Crippen LogP contribution in [0.3, 0.4) is 0 Å². The summed E-state index contributed by atoms with van der Waals surface area (Å²) in [6.45, 7) is 3.20. The summed E-state index contributed by atoms with van der Waals surface area (Å²) in [7, 11) is 0. The van der Waals surface area contributed by atoms with E-state index in [0.717, 1.165) is 16.8 Å². The van der Waals surface area contributed by atoms with Crippen molar-refractivity contribution >= 4 is 65.8 Å². The Labute approximate surface area is 148 Å². The van der Waals surface area contributed by atoms with Gasteiger partial charge in [-0.3, -0.25) is 0 Å². The number of thiophene rings is 1. The van der Waals surface area contributed by atoms with Crippen LogP contribution in [0.15, 0.2) is 37.9 Å². The molecular formula is C14H14Br2INS. The lowest BCUT2D eigenvalue weighted by Crippen LogP contribution is -2.23. The zero-order valence-corrected chi connectivity index (χ0v) is 16.6. The van der Waals surface area contributed by atoms with Gasteiger partial charge in [-0.15, -0.1) is 11.3 Å². The molecule has 1 unspecified atom stereocenters. The van der Waals surface area contributed by atoms with Crippen molar-refractivity contribution in [1.29, 1.82) is 0 Å². The van der Waals surface area contributed by atoms with E-state index in [4.69, 9.17) is 0 Å². The van der Waals surface area contributed by atoms with Gasteiger partial charge in [-0.05, 0) is 96.7 Å². The highest BCUT2D eigenvalue weighted by Crippen LogP contribution is 2.37. The van der Waals surface area contributed by atoms with Gasteiger partial charge in [0.05, 0.1) is 13.6 Å². The number of hydrogen-bond acceptors (Lipinski definition) is 2. The Morgan fingerprint density at radius 1 is 1.26 bits per heavy atom. The molecule has 1 aromatic heterocycles. The van der Waals surface area contributed by atoms with Gasteiger partial charge in [-0.25, -0.2) is 0 Å². The highest BCUT2D eigenvalue weighted by molar-refractivity contribution is 14.1. The largest absolute Gasteiger partial charge is 0.306 e. The second-order valence-electron chi connectivity index (χ2n) is 4.22. The first-order valence-corrected chi connectivity index (χ1v) is 9.53. The molecule has 0 aliphatic carbocycles. The van der Waals surface area contributed by atoms with Crippen molar-refractivity contribution in [2.75, 3.05) is 6.54 Å². The maximum Gasteiger partial charge on any atom is 0.0761 e. The summed E-state index contributed by atoms with van der Waals surface area (Å²) < 4.78 is 3.61. The van der Waals surface area contributed by atoms with Gasteiger partial charge < -0.3 is 5.32 Å². The van der Waals surface area contributed by atoms with Crippen molar-refractivity contribution in [2.45, 2.75) is 19.4 Å². The van der Waals surface area contributed by atoms with Crippen molar-refractivity contribution in [3.63, 3.8) is 0 Å². The first-order chi connectivity index (χ1) is 9.11. The molecule has 0 saturated carbocycles. The summed E-state index contributed by atoms with van der Waals surface area (Å²) in [5.41, 5.74) is 2.60. The smallest absolute Gasteiger partial charge is 0.0761 e. The molecule has 1 heterocycles. The molecule has 0 aliphatic heterocycles. The minimum atomic E-state index is 0.244. The van der Waals surface area contributed by atoms with Crippen molar-refractivity contribution in [2.24, 2.45) is 0 Å². The molecule has 1 aromatic carbocycles. The highest BCUT2D eigenvalue weighted by Gasteiger charge is 2.18. The minimum Gasteiger partial charge on any atom is -0.306 e. The summed E-state index contributed by atoms with van der Waals surface area (Å²) >= 11 is 11.3. The Hall–Kier alpha value is 0.570. The molecular weight excluding hydrogens is 501 g/mol. The Morgan fingerprint density at radius 3 is 2.47 bits per heavy atom. The highest BCUT2D eigenvalue weighted by atomic mass is 127. The Bertz CT molecular complexity index is 539. The number of nitrogens with one attached hydrogen (secondary N) is 1. The summed E-state index contributed by atoms with van der Waals surface area (Å²) in [6, 6.07) is 11.2. The molecule has 2 rings (SSSR count). The first-order valence-electron chi connectivity index (χ1n) is 6.05. The van der Waals surface area contributed by atoms with Gasteiger partial charge in [0.1, 0.15) is 0 Å². The molecule has 1 atom stereocenters. The van der Waals surface area contributed by atoms with Gasteiger partial charge in [0.2, 0.25) is 0 Å². The Morgan fingerprint density at radius 2 is 1.95 bits per heavy atom. The quantitative estimate of drug-likeness (QED) is 0.485. The molecule has 5 heteroatoms. The van der Waals surface area contributed by atoms with E-state index in [1.807, 2.05) is 0 Å². The van der Waals surface area contributed by atoms with Crippen molar-refractivity contribution in [3.8, 4) is 0 Å². The van der Waals surface area contributed by atoms with Gasteiger partial charge in [0, 0.05) is 3.57 Å². The maximum atomic E-state index is 3.67. The van der Waals surface area contributed by atoms with Gasteiger partial charge in [0.25, 0.3) is 0 Å². The standard InChI is InChI=1S/C14H14Br2INS/c1-2-7-18-13(9-3-5-10(17)6-4-9)11-8-12(15)19-14(11)16/h3-6,8,13,18H,2,7H2,1H3. The molecule has 0 radical (unpaired) electrons. The molecule has 0 saturated heterocycles. The number of halogens is 3. The lowest BCUT2D eigenvalue weighted by molar-refractivity contribution is 0.598. The van der Waals surface area contributed by atoms with Crippen molar-refractivity contribution in [3.05, 3.63) is 52.6 Å². The summed E-state index contributed by atoms with van der Waals surface area (Å²) in [5, 5.41) is 3.63. The fraction of sp³-hybridized carbons (Fsp3) is 0.286. The topological polar surface area (TPSA) is 12.0 Å². The molecule has 2 aromatic rings. The first kappa shape index (κ1) is 15.9.